The molecule has 2 aliphatic heterocycles. The maximum atomic E-state index is 13.2. The molecule has 0 aliphatic carbocycles. The van der Waals surface area contributed by atoms with Crippen LogP contribution in [0.25, 0.3) is 0 Å². The number of pyridine rings is 1. The molecule has 4 rings (SSSR count). The summed E-state index contributed by atoms with van der Waals surface area (Å²) >= 11 is 0. The van der Waals surface area contributed by atoms with Gasteiger partial charge in [0.05, 0.1) is 42.6 Å². The lowest BCUT2D eigenvalue weighted by atomic mass is 10.1. The molecule has 9 nitrogen and oxygen atoms in total. The second-order valence-corrected chi connectivity index (χ2v) is 10.2. The van der Waals surface area contributed by atoms with Crippen LogP contribution in [0.2, 0.25) is 0 Å². The number of carbonyl (C=O) groups is 1. The first-order chi connectivity index (χ1) is 16.4. The predicted molar refractivity (Wildman–Crippen MR) is 127 cm³/mol. The first-order valence-electron chi connectivity index (χ1n) is 11.5. The second-order valence-electron chi connectivity index (χ2n) is 8.23. The summed E-state index contributed by atoms with van der Waals surface area (Å²) in [4.78, 5) is 20.0. The van der Waals surface area contributed by atoms with E-state index in [0.29, 0.717) is 22.6 Å². The first kappa shape index (κ1) is 24.2. The molecule has 180 valence electrons. The number of rotatable bonds is 8. The minimum absolute atomic E-state index is 0.0558. The fourth-order valence-corrected chi connectivity index (χ4v) is 5.98. The van der Waals surface area contributed by atoms with E-state index in [1.165, 1.54) is 4.67 Å². The Bertz CT molecular complexity index is 1150. The smallest absolute Gasteiger partial charge is 0.438 e. The van der Waals surface area contributed by atoms with Gasteiger partial charge in [0.25, 0.3) is 5.91 Å². The molecule has 2 aliphatic rings. The molecule has 0 atom stereocenters. The zero-order chi connectivity index (χ0) is 24.3. The number of hydrogen-bond donors (Lipinski definition) is 0. The molecule has 34 heavy (non-hydrogen) atoms. The number of piperidine rings is 1. The Hall–Kier alpha value is -2.92. The summed E-state index contributed by atoms with van der Waals surface area (Å²) in [5, 5.41) is 9.08. The van der Waals surface area contributed by atoms with Crippen LogP contribution >= 0.6 is 7.75 Å². The number of aryl methyl sites for hydroxylation is 1. The highest BCUT2D eigenvalue weighted by molar-refractivity contribution is 7.52. The van der Waals surface area contributed by atoms with E-state index in [1.54, 1.807) is 26.0 Å². The van der Waals surface area contributed by atoms with Crippen LogP contribution in [0.4, 0.5) is 5.82 Å². The Balaban J connectivity index is 1.46. The number of benzene rings is 1. The summed E-state index contributed by atoms with van der Waals surface area (Å²) in [6, 6.07) is 11.1. The number of nitrogens with zero attached hydrogens (tertiary/aromatic N) is 4. The van der Waals surface area contributed by atoms with E-state index in [1.807, 2.05) is 25.1 Å². The highest BCUT2D eigenvalue weighted by atomic mass is 31.2. The molecule has 1 saturated heterocycles. The summed E-state index contributed by atoms with van der Waals surface area (Å²) in [5.41, 5.74) is 2.49. The van der Waals surface area contributed by atoms with Crippen LogP contribution in [-0.2, 0) is 20.2 Å². The monoisotopic (exact) mass is 484 g/mol. The zero-order valence-electron chi connectivity index (χ0n) is 19.7. The van der Waals surface area contributed by atoms with Gasteiger partial charge >= 0.3 is 7.75 Å². The summed E-state index contributed by atoms with van der Waals surface area (Å²) in [6.07, 6.45) is 1.67. The molecule has 1 aromatic carbocycles. The van der Waals surface area contributed by atoms with E-state index in [4.69, 9.17) is 24.0 Å². The van der Waals surface area contributed by atoms with Crippen LogP contribution in [0.5, 0.6) is 5.75 Å². The van der Waals surface area contributed by atoms with Gasteiger partial charge in [-0.15, -0.1) is 0 Å². The average molecular weight is 484 g/mol. The van der Waals surface area contributed by atoms with Gasteiger partial charge in [0.15, 0.2) is 0 Å². The van der Waals surface area contributed by atoms with E-state index in [0.717, 1.165) is 37.3 Å². The Labute approximate surface area is 199 Å². The Morgan fingerprint density at radius 2 is 1.88 bits per heavy atom. The van der Waals surface area contributed by atoms with Gasteiger partial charge in [-0.3, -0.25) is 13.8 Å². The highest BCUT2D eigenvalue weighted by Crippen LogP contribution is 2.55. The Morgan fingerprint density at radius 3 is 2.53 bits per heavy atom. The van der Waals surface area contributed by atoms with Gasteiger partial charge in [-0.2, -0.15) is 5.26 Å². The van der Waals surface area contributed by atoms with Gasteiger partial charge in [0.1, 0.15) is 17.7 Å². The third kappa shape index (κ3) is 4.80. The van der Waals surface area contributed by atoms with Crippen molar-refractivity contribution in [1.29, 1.82) is 5.26 Å². The molecule has 0 radical (unpaired) electrons. The van der Waals surface area contributed by atoms with Crippen molar-refractivity contribution in [2.45, 2.75) is 46.3 Å². The standard InChI is InChI=1S/C24H29N4O5P/c1-4-31-34(30,32-5-2)28-16-22-21(24(28)29)13-17(3)23(26-22)27-11-9-19(10-12-27)33-20-8-6-7-18(14-20)15-25/h6-8,13-14,19H,4-5,9-12,16H2,1-3H3. The van der Waals surface area contributed by atoms with E-state index in [2.05, 4.69) is 11.0 Å². The quantitative estimate of drug-likeness (QED) is 0.506. The largest absolute Gasteiger partial charge is 0.490 e. The van der Waals surface area contributed by atoms with Crippen molar-refractivity contribution in [2.75, 3.05) is 31.2 Å². The molecule has 2 aromatic rings. The van der Waals surface area contributed by atoms with Crippen molar-refractivity contribution in [2.24, 2.45) is 0 Å². The maximum absolute atomic E-state index is 13.2. The number of fused-ring (bicyclic) bond motifs is 1. The van der Waals surface area contributed by atoms with E-state index in [9.17, 15) is 9.36 Å². The molecule has 0 spiro atoms. The van der Waals surface area contributed by atoms with Gasteiger partial charge in [-0.05, 0) is 50.6 Å². The fourth-order valence-electron chi connectivity index (χ4n) is 4.34. The third-order valence-electron chi connectivity index (χ3n) is 5.92. The summed E-state index contributed by atoms with van der Waals surface area (Å²) in [7, 11) is -3.72. The normalized spacial score (nSPS) is 16.5. The lowest BCUT2D eigenvalue weighted by molar-refractivity contribution is 0.0809. The summed E-state index contributed by atoms with van der Waals surface area (Å²) in [6.45, 7) is 7.31. The van der Waals surface area contributed by atoms with E-state index >= 15 is 0 Å². The van der Waals surface area contributed by atoms with E-state index in [-0.39, 0.29) is 31.8 Å². The van der Waals surface area contributed by atoms with Crippen LogP contribution < -0.4 is 9.64 Å². The topological polar surface area (TPSA) is 105 Å². The molecule has 0 unspecified atom stereocenters. The second kappa shape index (κ2) is 10.1. The van der Waals surface area contributed by atoms with Crippen LogP contribution in [0.15, 0.2) is 30.3 Å². The maximum Gasteiger partial charge on any atom is 0.438 e. The number of ether oxygens (including phenoxy) is 1. The lowest BCUT2D eigenvalue weighted by Crippen LogP contribution is -2.39. The van der Waals surface area contributed by atoms with Crippen LogP contribution in [0, 0.1) is 18.3 Å². The van der Waals surface area contributed by atoms with Crippen LogP contribution in [-0.4, -0.2) is 48.0 Å². The molecule has 1 aromatic heterocycles. The molecule has 10 heteroatoms. The SMILES string of the molecule is CCOP(=O)(OCC)N1Cc2nc(N3CCC(Oc4cccc(C#N)c4)CC3)c(C)cc2C1=O. The number of amides is 1. The lowest BCUT2D eigenvalue weighted by Gasteiger charge is -2.34. The summed E-state index contributed by atoms with van der Waals surface area (Å²) < 4.78 is 31.2. The number of aromatic nitrogens is 1. The third-order valence-corrected chi connectivity index (χ3v) is 8.00. The average Bonchev–Trinajstić information content (AvgIpc) is 3.16. The Kier molecular flexibility index (Phi) is 7.22. The van der Waals surface area contributed by atoms with Gasteiger partial charge in [-0.1, -0.05) is 6.07 Å². The molecular formula is C24H29N4O5P. The van der Waals surface area contributed by atoms with Crippen molar-refractivity contribution in [1.82, 2.24) is 9.65 Å². The molecule has 3 heterocycles. The molecular weight excluding hydrogens is 455 g/mol. The van der Waals surface area contributed by atoms with Crippen molar-refractivity contribution in [3.63, 3.8) is 0 Å². The Morgan fingerprint density at radius 1 is 1.18 bits per heavy atom. The van der Waals surface area contributed by atoms with Crippen LogP contribution in [0.3, 0.4) is 0 Å². The number of carbonyl (C=O) groups excluding carboxylic acids is 1. The zero-order valence-corrected chi connectivity index (χ0v) is 20.6. The number of nitriles is 1. The minimum atomic E-state index is -3.72. The van der Waals surface area contributed by atoms with Gasteiger partial charge < -0.3 is 9.64 Å². The van der Waals surface area contributed by atoms with Gasteiger partial charge in [0.2, 0.25) is 0 Å². The summed E-state index contributed by atoms with van der Waals surface area (Å²) in [5.74, 6) is 1.14. The van der Waals surface area contributed by atoms with Crippen molar-refractivity contribution in [3.8, 4) is 11.8 Å². The van der Waals surface area contributed by atoms with Crippen molar-refractivity contribution < 1.29 is 23.1 Å². The molecule has 0 bridgehead atoms. The molecule has 1 amide bonds. The van der Waals surface area contributed by atoms with E-state index < -0.39 is 7.75 Å². The predicted octanol–water partition coefficient (Wildman–Crippen LogP) is 4.45. The minimum Gasteiger partial charge on any atom is -0.490 e. The number of anilines is 1. The van der Waals surface area contributed by atoms with Gasteiger partial charge in [0, 0.05) is 25.9 Å². The molecule has 0 N–H and O–H groups in total. The van der Waals surface area contributed by atoms with Crippen LogP contribution in [0.1, 0.15) is 53.9 Å². The highest BCUT2D eigenvalue weighted by Gasteiger charge is 2.44. The van der Waals surface area contributed by atoms with Crippen molar-refractivity contribution in [3.05, 3.63) is 52.7 Å². The van der Waals surface area contributed by atoms with Gasteiger partial charge in [-0.25, -0.2) is 14.2 Å². The van der Waals surface area contributed by atoms with Crippen molar-refractivity contribution >= 4 is 19.5 Å². The first-order valence-corrected chi connectivity index (χ1v) is 13.0. The fraction of sp³-hybridized carbons (Fsp3) is 0.458. The molecule has 1 fully saturated rings. The number of hydrogen-bond acceptors (Lipinski definition) is 8. The molecule has 0 saturated carbocycles.